The number of hydrogen-bond donors (Lipinski definition) is 3. The van der Waals surface area contributed by atoms with E-state index in [9.17, 15) is 10.2 Å². The van der Waals surface area contributed by atoms with Crippen molar-refractivity contribution >= 4 is 5.69 Å². The van der Waals surface area contributed by atoms with Gasteiger partial charge in [-0.15, -0.1) is 0 Å². The van der Waals surface area contributed by atoms with Gasteiger partial charge in [-0.05, 0) is 30.3 Å². The van der Waals surface area contributed by atoms with Crippen LogP contribution in [0, 0.1) is 0 Å². The molecule has 1 aromatic heterocycles. The Morgan fingerprint density at radius 2 is 1.80 bits per heavy atom. The molecule has 100 valence electrons. The summed E-state index contributed by atoms with van der Waals surface area (Å²) < 4.78 is 5.17. The van der Waals surface area contributed by atoms with Gasteiger partial charge in [-0.3, -0.25) is 0 Å². The maximum absolute atomic E-state index is 9.47. The van der Waals surface area contributed by atoms with Crippen LogP contribution in [0.15, 0.2) is 47.0 Å². The quantitative estimate of drug-likeness (QED) is 0.487. The smallest absolute Gasteiger partial charge is 0.260 e. The Labute approximate surface area is 114 Å². The van der Waals surface area contributed by atoms with Crippen LogP contribution in [0.2, 0.25) is 0 Å². The molecule has 3 rings (SSSR count). The summed E-state index contributed by atoms with van der Waals surface area (Å²) in [6, 6.07) is 11.5. The van der Waals surface area contributed by atoms with Crippen LogP contribution in [-0.2, 0) is 0 Å². The number of rotatable bonds is 2. The van der Waals surface area contributed by atoms with Crippen molar-refractivity contribution in [3.05, 3.63) is 42.5 Å². The lowest BCUT2D eigenvalue weighted by Crippen LogP contribution is -1.89. The Hall–Kier alpha value is -3.02. The summed E-state index contributed by atoms with van der Waals surface area (Å²) in [7, 11) is 0. The maximum Gasteiger partial charge on any atom is 0.260 e. The molecule has 6 nitrogen and oxygen atoms in total. The van der Waals surface area contributed by atoms with Crippen LogP contribution in [0.25, 0.3) is 22.8 Å². The molecule has 0 radical (unpaired) electrons. The topological polar surface area (TPSA) is 105 Å². The zero-order valence-corrected chi connectivity index (χ0v) is 10.3. The van der Waals surface area contributed by atoms with Gasteiger partial charge in [0.15, 0.2) is 11.5 Å². The number of hydrogen-bond acceptors (Lipinski definition) is 6. The zero-order chi connectivity index (χ0) is 14.1. The largest absolute Gasteiger partial charge is 0.504 e. The molecule has 0 atom stereocenters. The number of para-hydroxylation sites is 1. The van der Waals surface area contributed by atoms with Gasteiger partial charge in [-0.1, -0.05) is 17.3 Å². The first-order chi connectivity index (χ1) is 9.65. The normalized spacial score (nSPS) is 10.6. The molecule has 6 heteroatoms. The van der Waals surface area contributed by atoms with Crippen molar-refractivity contribution in [2.45, 2.75) is 0 Å². The first-order valence-corrected chi connectivity index (χ1v) is 5.86. The SMILES string of the molecule is Nc1ccccc1-c1nc(-c2ccc(O)c(O)c2)no1. The number of phenols is 2. The monoisotopic (exact) mass is 269 g/mol. The lowest BCUT2D eigenvalue weighted by Gasteiger charge is -1.99. The van der Waals surface area contributed by atoms with Gasteiger partial charge in [-0.2, -0.15) is 4.98 Å². The summed E-state index contributed by atoms with van der Waals surface area (Å²) in [5.41, 5.74) is 7.56. The first kappa shape index (κ1) is 12.0. The van der Waals surface area contributed by atoms with Crippen LogP contribution in [0.1, 0.15) is 0 Å². The minimum absolute atomic E-state index is 0.204. The third kappa shape index (κ3) is 2.03. The highest BCUT2D eigenvalue weighted by Crippen LogP contribution is 2.31. The van der Waals surface area contributed by atoms with Crippen molar-refractivity contribution in [2.75, 3.05) is 5.73 Å². The summed E-state index contributed by atoms with van der Waals surface area (Å²) in [5, 5.41) is 22.6. The summed E-state index contributed by atoms with van der Waals surface area (Å²) in [6.07, 6.45) is 0. The average Bonchev–Trinajstić information content (AvgIpc) is 2.92. The summed E-state index contributed by atoms with van der Waals surface area (Å²) in [4.78, 5) is 4.23. The first-order valence-electron chi connectivity index (χ1n) is 5.86. The number of anilines is 1. The zero-order valence-electron chi connectivity index (χ0n) is 10.3. The van der Waals surface area contributed by atoms with Crippen molar-refractivity contribution in [3.8, 4) is 34.3 Å². The Balaban J connectivity index is 2.02. The number of aromatic hydroxyl groups is 2. The van der Waals surface area contributed by atoms with E-state index in [4.69, 9.17) is 10.3 Å². The van der Waals surface area contributed by atoms with Crippen LogP contribution in [0.5, 0.6) is 11.5 Å². The van der Waals surface area contributed by atoms with E-state index in [0.717, 1.165) is 0 Å². The minimum Gasteiger partial charge on any atom is -0.504 e. The van der Waals surface area contributed by atoms with Gasteiger partial charge >= 0.3 is 0 Å². The molecule has 0 bridgehead atoms. The molecule has 20 heavy (non-hydrogen) atoms. The van der Waals surface area contributed by atoms with Gasteiger partial charge in [-0.25, -0.2) is 0 Å². The summed E-state index contributed by atoms with van der Waals surface area (Å²) in [5.74, 6) is 0.155. The second kappa shape index (κ2) is 4.58. The molecule has 1 heterocycles. The van der Waals surface area contributed by atoms with E-state index in [1.165, 1.54) is 12.1 Å². The highest BCUT2D eigenvalue weighted by Gasteiger charge is 2.13. The molecule has 0 saturated heterocycles. The van der Waals surface area contributed by atoms with Gasteiger partial charge in [0.2, 0.25) is 5.82 Å². The van der Waals surface area contributed by atoms with Crippen LogP contribution < -0.4 is 5.73 Å². The Kier molecular flexibility index (Phi) is 2.76. The molecule has 3 aromatic rings. The standard InChI is InChI=1S/C14H11N3O3/c15-10-4-2-1-3-9(10)14-16-13(17-20-14)8-5-6-11(18)12(19)7-8/h1-7,18-19H,15H2. The molecule has 4 N–H and O–H groups in total. The Bertz CT molecular complexity index is 768. The maximum atomic E-state index is 9.47. The van der Waals surface area contributed by atoms with Crippen molar-refractivity contribution in [1.82, 2.24) is 10.1 Å². The van der Waals surface area contributed by atoms with E-state index in [-0.39, 0.29) is 11.5 Å². The lowest BCUT2D eigenvalue weighted by molar-refractivity contribution is 0.404. The van der Waals surface area contributed by atoms with Gasteiger partial charge in [0, 0.05) is 11.3 Å². The highest BCUT2D eigenvalue weighted by molar-refractivity contribution is 5.71. The van der Waals surface area contributed by atoms with Gasteiger partial charge in [0.05, 0.1) is 5.56 Å². The molecule has 0 aliphatic heterocycles. The third-order valence-electron chi connectivity index (χ3n) is 2.85. The van der Waals surface area contributed by atoms with Crippen LogP contribution in [0.3, 0.4) is 0 Å². The number of nitrogen functional groups attached to an aromatic ring is 1. The summed E-state index contributed by atoms with van der Waals surface area (Å²) in [6.45, 7) is 0. The Morgan fingerprint density at radius 3 is 2.55 bits per heavy atom. The molecular formula is C14H11N3O3. The number of nitrogens with zero attached hydrogens (tertiary/aromatic N) is 2. The van der Waals surface area contributed by atoms with E-state index in [0.29, 0.717) is 28.5 Å². The van der Waals surface area contributed by atoms with Crippen LogP contribution >= 0.6 is 0 Å². The number of benzene rings is 2. The second-order valence-electron chi connectivity index (χ2n) is 4.21. The third-order valence-corrected chi connectivity index (χ3v) is 2.85. The molecule has 0 aliphatic rings. The van der Waals surface area contributed by atoms with Crippen LogP contribution in [0.4, 0.5) is 5.69 Å². The van der Waals surface area contributed by atoms with E-state index < -0.39 is 0 Å². The summed E-state index contributed by atoms with van der Waals surface area (Å²) >= 11 is 0. The van der Waals surface area contributed by atoms with Gasteiger partial charge < -0.3 is 20.5 Å². The Morgan fingerprint density at radius 1 is 1.00 bits per heavy atom. The van der Waals surface area contributed by atoms with Crippen LogP contribution in [-0.4, -0.2) is 20.4 Å². The number of nitrogens with two attached hydrogens (primary N) is 1. The van der Waals surface area contributed by atoms with E-state index in [1.807, 2.05) is 12.1 Å². The average molecular weight is 269 g/mol. The highest BCUT2D eigenvalue weighted by atomic mass is 16.5. The fraction of sp³-hybridized carbons (Fsp3) is 0. The minimum atomic E-state index is -0.243. The molecule has 0 unspecified atom stereocenters. The van der Waals surface area contributed by atoms with E-state index >= 15 is 0 Å². The lowest BCUT2D eigenvalue weighted by atomic mass is 10.1. The van der Waals surface area contributed by atoms with Gasteiger partial charge in [0.1, 0.15) is 0 Å². The van der Waals surface area contributed by atoms with Crippen molar-refractivity contribution < 1.29 is 14.7 Å². The fourth-order valence-electron chi connectivity index (χ4n) is 1.80. The van der Waals surface area contributed by atoms with Crippen molar-refractivity contribution in [1.29, 1.82) is 0 Å². The molecule has 0 spiro atoms. The number of phenolic OH excluding ortho intramolecular Hbond substituents is 2. The molecular weight excluding hydrogens is 258 g/mol. The molecule has 2 aromatic carbocycles. The van der Waals surface area contributed by atoms with Gasteiger partial charge in [0.25, 0.3) is 5.89 Å². The van der Waals surface area contributed by atoms with Crippen molar-refractivity contribution in [2.24, 2.45) is 0 Å². The van der Waals surface area contributed by atoms with Crippen molar-refractivity contribution in [3.63, 3.8) is 0 Å². The second-order valence-corrected chi connectivity index (χ2v) is 4.21. The molecule has 0 amide bonds. The van der Waals surface area contributed by atoms with E-state index in [1.54, 1.807) is 18.2 Å². The molecule has 0 saturated carbocycles. The molecule has 0 fully saturated rings. The molecule has 0 aliphatic carbocycles. The fourth-order valence-corrected chi connectivity index (χ4v) is 1.80. The predicted octanol–water partition coefficient (Wildman–Crippen LogP) is 2.40. The predicted molar refractivity (Wildman–Crippen MR) is 72.9 cm³/mol. The number of aromatic nitrogens is 2. The van der Waals surface area contributed by atoms with E-state index in [2.05, 4.69) is 10.1 Å².